The molecule has 0 unspecified atom stereocenters. The number of rotatable bonds is 3. The van der Waals surface area contributed by atoms with Crippen LogP contribution < -0.4 is 5.32 Å². The fourth-order valence-corrected chi connectivity index (χ4v) is 2.36. The van der Waals surface area contributed by atoms with Gasteiger partial charge in [-0.15, -0.1) is 0 Å². The Morgan fingerprint density at radius 1 is 1.32 bits per heavy atom. The van der Waals surface area contributed by atoms with E-state index in [9.17, 15) is 13.2 Å². The van der Waals surface area contributed by atoms with Crippen molar-refractivity contribution < 1.29 is 13.2 Å². The molecule has 0 atom stereocenters. The summed E-state index contributed by atoms with van der Waals surface area (Å²) in [6.07, 6.45) is 0.876. The van der Waals surface area contributed by atoms with Crippen LogP contribution in [0, 0.1) is 6.92 Å². The van der Waals surface area contributed by atoms with Crippen molar-refractivity contribution in [3.63, 3.8) is 0 Å². The van der Waals surface area contributed by atoms with Gasteiger partial charge in [-0.25, -0.2) is 0 Å². The van der Waals surface area contributed by atoms with Crippen molar-refractivity contribution in [2.75, 3.05) is 25.0 Å². The lowest BCUT2D eigenvalue weighted by atomic mass is 10.0. The largest absolute Gasteiger partial charge is 0.401 e. The van der Waals surface area contributed by atoms with Crippen LogP contribution in [-0.2, 0) is 0 Å². The molecule has 6 heteroatoms. The number of anilines is 1. The van der Waals surface area contributed by atoms with Gasteiger partial charge in [0, 0.05) is 31.5 Å². The molecule has 1 aliphatic heterocycles. The van der Waals surface area contributed by atoms with Gasteiger partial charge in [-0.1, -0.05) is 0 Å². The number of piperidine rings is 1. The molecule has 2 heterocycles. The van der Waals surface area contributed by atoms with Gasteiger partial charge in [-0.2, -0.15) is 13.2 Å². The molecule has 1 saturated heterocycles. The first-order valence-electron chi connectivity index (χ1n) is 6.40. The van der Waals surface area contributed by atoms with E-state index in [4.69, 9.17) is 0 Å². The Morgan fingerprint density at radius 3 is 2.58 bits per heavy atom. The van der Waals surface area contributed by atoms with E-state index in [0.717, 1.165) is 24.1 Å². The molecule has 0 saturated carbocycles. The van der Waals surface area contributed by atoms with Crippen LogP contribution in [0.25, 0.3) is 0 Å². The molecule has 2 rings (SSSR count). The van der Waals surface area contributed by atoms with Crippen molar-refractivity contribution in [3.8, 4) is 0 Å². The second kappa shape index (κ2) is 5.77. The molecule has 0 spiro atoms. The van der Waals surface area contributed by atoms with Gasteiger partial charge in [0.05, 0.1) is 12.2 Å². The lowest BCUT2D eigenvalue weighted by Crippen LogP contribution is -2.43. The first kappa shape index (κ1) is 14.1. The minimum atomic E-state index is -4.10. The molecule has 0 aromatic carbocycles. The maximum atomic E-state index is 12.3. The normalized spacial score (nSPS) is 18.5. The van der Waals surface area contributed by atoms with Crippen molar-refractivity contribution in [3.05, 3.63) is 24.0 Å². The monoisotopic (exact) mass is 273 g/mol. The van der Waals surface area contributed by atoms with E-state index >= 15 is 0 Å². The number of halogens is 3. The average Bonchev–Trinajstić information content (AvgIpc) is 2.30. The molecule has 106 valence electrons. The topological polar surface area (TPSA) is 28.2 Å². The zero-order valence-electron chi connectivity index (χ0n) is 10.9. The number of pyridine rings is 1. The Kier molecular flexibility index (Phi) is 4.29. The Balaban J connectivity index is 1.80. The first-order valence-corrected chi connectivity index (χ1v) is 6.40. The highest BCUT2D eigenvalue weighted by atomic mass is 19.4. The molecule has 19 heavy (non-hydrogen) atoms. The summed E-state index contributed by atoms with van der Waals surface area (Å²) in [5, 5.41) is 3.33. The van der Waals surface area contributed by atoms with Crippen LogP contribution in [0.1, 0.15) is 18.4 Å². The third-order valence-electron chi connectivity index (χ3n) is 3.24. The van der Waals surface area contributed by atoms with Crippen LogP contribution in [-0.4, -0.2) is 41.7 Å². The number of alkyl halides is 3. The van der Waals surface area contributed by atoms with E-state index in [1.807, 2.05) is 13.0 Å². The standard InChI is InChI=1S/C13H18F3N3/c1-10-6-12(8-17-7-10)18-11-2-4-19(5-3-11)9-13(14,15)16/h6-8,11,18H,2-5,9H2,1H3. The van der Waals surface area contributed by atoms with Gasteiger partial charge in [0.2, 0.25) is 0 Å². The van der Waals surface area contributed by atoms with Gasteiger partial charge in [0.1, 0.15) is 0 Å². The summed E-state index contributed by atoms with van der Waals surface area (Å²) < 4.78 is 36.8. The van der Waals surface area contributed by atoms with Gasteiger partial charge in [0.25, 0.3) is 0 Å². The molecular weight excluding hydrogens is 255 g/mol. The van der Waals surface area contributed by atoms with E-state index in [1.54, 1.807) is 12.4 Å². The Morgan fingerprint density at radius 2 is 2.00 bits per heavy atom. The van der Waals surface area contributed by atoms with E-state index in [0.29, 0.717) is 13.1 Å². The fourth-order valence-electron chi connectivity index (χ4n) is 2.36. The quantitative estimate of drug-likeness (QED) is 0.918. The zero-order chi connectivity index (χ0) is 13.9. The molecule has 0 bridgehead atoms. The van der Waals surface area contributed by atoms with Crippen molar-refractivity contribution in [1.29, 1.82) is 0 Å². The smallest absolute Gasteiger partial charge is 0.381 e. The lowest BCUT2D eigenvalue weighted by molar-refractivity contribution is -0.147. The highest BCUT2D eigenvalue weighted by Gasteiger charge is 2.32. The first-order chi connectivity index (χ1) is 8.92. The van der Waals surface area contributed by atoms with Crippen molar-refractivity contribution in [1.82, 2.24) is 9.88 Å². The molecule has 1 N–H and O–H groups in total. The minimum absolute atomic E-state index is 0.230. The molecule has 0 radical (unpaired) electrons. The number of hydrogen-bond acceptors (Lipinski definition) is 3. The van der Waals surface area contributed by atoms with Crippen LogP contribution in [0.15, 0.2) is 18.5 Å². The molecule has 1 aromatic heterocycles. The molecular formula is C13H18F3N3. The number of hydrogen-bond donors (Lipinski definition) is 1. The predicted molar refractivity (Wildman–Crippen MR) is 68.1 cm³/mol. The summed E-state index contributed by atoms with van der Waals surface area (Å²) in [7, 11) is 0. The highest BCUT2D eigenvalue weighted by molar-refractivity contribution is 5.43. The summed E-state index contributed by atoms with van der Waals surface area (Å²) >= 11 is 0. The lowest BCUT2D eigenvalue weighted by Gasteiger charge is -2.33. The molecule has 1 aliphatic rings. The third kappa shape index (κ3) is 4.70. The van der Waals surface area contributed by atoms with Crippen molar-refractivity contribution >= 4 is 5.69 Å². The number of aryl methyl sites for hydroxylation is 1. The summed E-state index contributed by atoms with van der Waals surface area (Å²) in [6, 6.07) is 2.22. The number of likely N-dealkylation sites (tertiary alicyclic amines) is 1. The molecule has 1 aromatic rings. The second-order valence-electron chi connectivity index (χ2n) is 5.06. The number of nitrogens with zero attached hydrogens (tertiary/aromatic N) is 2. The molecule has 3 nitrogen and oxygen atoms in total. The van der Waals surface area contributed by atoms with E-state index < -0.39 is 12.7 Å². The van der Waals surface area contributed by atoms with Crippen molar-refractivity contribution in [2.45, 2.75) is 32.0 Å². The fraction of sp³-hybridized carbons (Fsp3) is 0.615. The van der Waals surface area contributed by atoms with Crippen LogP contribution in [0.5, 0.6) is 0 Å². The van der Waals surface area contributed by atoms with Crippen molar-refractivity contribution in [2.24, 2.45) is 0 Å². The van der Waals surface area contributed by atoms with Gasteiger partial charge in [0.15, 0.2) is 0 Å². The van der Waals surface area contributed by atoms with Crippen LogP contribution in [0.2, 0.25) is 0 Å². The van der Waals surface area contributed by atoms with Crippen LogP contribution in [0.4, 0.5) is 18.9 Å². The Hall–Kier alpha value is -1.30. The van der Waals surface area contributed by atoms with E-state index in [2.05, 4.69) is 10.3 Å². The summed E-state index contributed by atoms with van der Waals surface area (Å²) in [5.74, 6) is 0. The van der Waals surface area contributed by atoms with E-state index in [1.165, 1.54) is 4.90 Å². The Labute approximate surface area is 110 Å². The molecule has 1 fully saturated rings. The summed E-state index contributed by atoms with van der Waals surface area (Å²) in [5.41, 5.74) is 2.01. The zero-order valence-corrected chi connectivity index (χ0v) is 10.9. The SMILES string of the molecule is Cc1cncc(NC2CCN(CC(F)(F)F)CC2)c1. The highest BCUT2D eigenvalue weighted by Crippen LogP contribution is 2.21. The summed E-state index contributed by atoms with van der Waals surface area (Å²) in [6.45, 7) is 2.13. The van der Waals surface area contributed by atoms with Crippen LogP contribution >= 0.6 is 0 Å². The maximum absolute atomic E-state index is 12.3. The molecule has 0 amide bonds. The average molecular weight is 273 g/mol. The molecule has 0 aliphatic carbocycles. The van der Waals surface area contributed by atoms with E-state index in [-0.39, 0.29) is 6.04 Å². The van der Waals surface area contributed by atoms with Gasteiger partial charge in [-0.3, -0.25) is 9.88 Å². The minimum Gasteiger partial charge on any atom is -0.381 e. The predicted octanol–water partition coefficient (Wildman–Crippen LogP) is 2.83. The van der Waals surface area contributed by atoms with Gasteiger partial charge < -0.3 is 5.32 Å². The maximum Gasteiger partial charge on any atom is 0.401 e. The number of aromatic nitrogens is 1. The Bertz CT molecular complexity index is 412. The van der Waals surface area contributed by atoms with Gasteiger partial charge >= 0.3 is 6.18 Å². The van der Waals surface area contributed by atoms with Crippen LogP contribution in [0.3, 0.4) is 0 Å². The number of nitrogens with one attached hydrogen (secondary N) is 1. The second-order valence-corrected chi connectivity index (χ2v) is 5.06. The van der Waals surface area contributed by atoms with Gasteiger partial charge in [-0.05, 0) is 31.4 Å². The summed E-state index contributed by atoms with van der Waals surface area (Å²) in [4.78, 5) is 5.56. The third-order valence-corrected chi connectivity index (χ3v) is 3.24.